The van der Waals surface area contributed by atoms with Crippen LogP contribution in [0, 0.1) is 0 Å². The summed E-state index contributed by atoms with van der Waals surface area (Å²) in [7, 11) is 1.94. The van der Waals surface area contributed by atoms with E-state index < -0.39 is 0 Å². The predicted octanol–water partition coefficient (Wildman–Crippen LogP) is 0.954. The Morgan fingerprint density at radius 1 is 1.78 bits per heavy atom. The summed E-state index contributed by atoms with van der Waals surface area (Å²) in [4.78, 5) is 4.29. The highest BCUT2D eigenvalue weighted by atomic mass is 14.9. The van der Waals surface area contributed by atoms with Gasteiger partial charge in [-0.05, 0) is 14.0 Å². The van der Waals surface area contributed by atoms with Crippen LogP contribution < -0.4 is 5.32 Å². The topological polar surface area (TPSA) is 24.4 Å². The molecule has 2 nitrogen and oxygen atoms in total. The lowest BCUT2D eigenvalue weighted by Gasteiger charge is -1.94. The Morgan fingerprint density at radius 3 is 3.00 bits per heavy atom. The molecule has 0 saturated carbocycles. The molecule has 0 radical (unpaired) electrons. The van der Waals surface area contributed by atoms with E-state index in [1.54, 1.807) is 0 Å². The van der Waals surface area contributed by atoms with Crippen LogP contribution in [0.2, 0.25) is 0 Å². The van der Waals surface area contributed by atoms with E-state index in [1.807, 2.05) is 14.0 Å². The highest BCUT2D eigenvalue weighted by molar-refractivity contribution is 5.90. The molecule has 9 heavy (non-hydrogen) atoms. The van der Waals surface area contributed by atoms with Crippen LogP contribution >= 0.6 is 0 Å². The van der Waals surface area contributed by atoms with Crippen LogP contribution in [0.25, 0.3) is 0 Å². The third-order valence-corrected chi connectivity index (χ3v) is 1.35. The molecule has 0 spiro atoms. The molecule has 0 aromatic carbocycles. The average Bonchev–Trinajstić information content (AvgIpc) is 2.17. The highest BCUT2D eigenvalue weighted by Gasteiger charge is 2.01. The second-order valence-corrected chi connectivity index (χ2v) is 2.26. The first-order valence-corrected chi connectivity index (χ1v) is 3.20. The van der Waals surface area contributed by atoms with Crippen LogP contribution in [0.4, 0.5) is 0 Å². The molecule has 0 bridgehead atoms. The maximum absolute atomic E-state index is 4.29. The summed E-state index contributed by atoms with van der Waals surface area (Å²) in [6, 6.07) is 0. The monoisotopic (exact) mass is 124 g/mol. The fourth-order valence-electron chi connectivity index (χ4n) is 0.922. The molecule has 50 valence electrons. The van der Waals surface area contributed by atoms with Gasteiger partial charge in [-0.25, -0.2) is 0 Å². The van der Waals surface area contributed by atoms with Crippen LogP contribution in [-0.4, -0.2) is 19.3 Å². The average molecular weight is 124 g/mol. The second-order valence-electron chi connectivity index (χ2n) is 2.26. The Bertz CT molecular complexity index is 156. The number of hydrogen-bond acceptors (Lipinski definition) is 2. The fourth-order valence-corrected chi connectivity index (χ4v) is 0.922. The van der Waals surface area contributed by atoms with Gasteiger partial charge in [-0.2, -0.15) is 0 Å². The zero-order valence-electron chi connectivity index (χ0n) is 5.94. The van der Waals surface area contributed by atoms with E-state index in [9.17, 15) is 0 Å². The summed E-state index contributed by atoms with van der Waals surface area (Å²) in [6.45, 7) is 2.95. The van der Waals surface area contributed by atoms with Crippen molar-refractivity contribution in [2.24, 2.45) is 4.99 Å². The summed E-state index contributed by atoms with van der Waals surface area (Å²) in [5.41, 5.74) is 2.40. The van der Waals surface area contributed by atoms with Gasteiger partial charge in [0, 0.05) is 24.4 Å². The van der Waals surface area contributed by atoms with E-state index in [-0.39, 0.29) is 0 Å². The van der Waals surface area contributed by atoms with Crippen molar-refractivity contribution in [3.8, 4) is 0 Å². The zero-order chi connectivity index (χ0) is 6.69. The first-order chi connectivity index (χ1) is 4.33. The Hall–Kier alpha value is -0.630. The first-order valence-electron chi connectivity index (χ1n) is 3.20. The molecule has 1 aliphatic rings. The van der Waals surface area contributed by atoms with Gasteiger partial charge < -0.3 is 5.32 Å². The third kappa shape index (κ3) is 1.64. The van der Waals surface area contributed by atoms with E-state index >= 15 is 0 Å². The van der Waals surface area contributed by atoms with Crippen molar-refractivity contribution in [3.63, 3.8) is 0 Å². The van der Waals surface area contributed by atoms with Gasteiger partial charge in [-0.1, -0.05) is 6.08 Å². The van der Waals surface area contributed by atoms with Gasteiger partial charge in [0.25, 0.3) is 0 Å². The number of rotatable bonds is 2. The lowest BCUT2D eigenvalue weighted by Crippen LogP contribution is -2.16. The molecule has 0 aromatic rings. The Labute approximate surface area is 55.7 Å². The number of hydrogen-bond donors (Lipinski definition) is 1. The van der Waals surface area contributed by atoms with Gasteiger partial charge in [0.15, 0.2) is 0 Å². The van der Waals surface area contributed by atoms with Crippen molar-refractivity contribution >= 4 is 5.71 Å². The third-order valence-electron chi connectivity index (χ3n) is 1.35. The van der Waals surface area contributed by atoms with Crippen molar-refractivity contribution in [2.75, 3.05) is 13.6 Å². The van der Waals surface area contributed by atoms with E-state index in [0.29, 0.717) is 0 Å². The highest BCUT2D eigenvalue weighted by Crippen LogP contribution is 2.07. The standard InChI is InChI=1S/C7H12N2/c1-6-3-4-7(9-6)5-8-2/h3,8H,4-5H2,1-2H3. The van der Waals surface area contributed by atoms with Gasteiger partial charge in [0.2, 0.25) is 0 Å². The molecule has 1 heterocycles. The van der Waals surface area contributed by atoms with Gasteiger partial charge in [0.1, 0.15) is 0 Å². The summed E-state index contributed by atoms with van der Waals surface area (Å²) in [5.74, 6) is 0. The minimum Gasteiger partial charge on any atom is -0.315 e. The largest absolute Gasteiger partial charge is 0.315 e. The quantitative estimate of drug-likeness (QED) is 0.582. The summed E-state index contributed by atoms with van der Waals surface area (Å²) < 4.78 is 0. The molecule has 0 fully saturated rings. The van der Waals surface area contributed by atoms with Crippen LogP contribution in [0.5, 0.6) is 0 Å². The normalized spacial score (nSPS) is 17.6. The molecule has 0 aromatic heterocycles. The van der Waals surface area contributed by atoms with Crippen LogP contribution in [0.1, 0.15) is 13.3 Å². The first kappa shape index (κ1) is 6.49. The number of allylic oxidation sites excluding steroid dienone is 2. The molecule has 1 N–H and O–H groups in total. The Morgan fingerprint density at radius 2 is 2.56 bits per heavy atom. The predicted molar refractivity (Wildman–Crippen MR) is 39.7 cm³/mol. The Balaban J connectivity index is 2.41. The number of aliphatic imine (C=N–C) groups is 1. The smallest absolute Gasteiger partial charge is 0.0358 e. The van der Waals surface area contributed by atoms with Gasteiger partial charge in [0.05, 0.1) is 0 Å². The lowest BCUT2D eigenvalue weighted by molar-refractivity contribution is 0.938. The Kier molecular flexibility index (Phi) is 2.01. The molecule has 2 heteroatoms. The van der Waals surface area contributed by atoms with Crippen LogP contribution in [-0.2, 0) is 0 Å². The molecule has 0 aliphatic carbocycles. The van der Waals surface area contributed by atoms with Crippen molar-refractivity contribution < 1.29 is 0 Å². The molecule has 1 rings (SSSR count). The van der Waals surface area contributed by atoms with Crippen molar-refractivity contribution in [2.45, 2.75) is 13.3 Å². The fraction of sp³-hybridized carbons (Fsp3) is 0.571. The van der Waals surface area contributed by atoms with Crippen LogP contribution in [0.3, 0.4) is 0 Å². The molecule has 1 aliphatic heterocycles. The van der Waals surface area contributed by atoms with E-state index in [4.69, 9.17) is 0 Å². The molecular weight excluding hydrogens is 112 g/mol. The van der Waals surface area contributed by atoms with E-state index in [1.165, 1.54) is 5.71 Å². The van der Waals surface area contributed by atoms with E-state index in [0.717, 1.165) is 18.7 Å². The molecular formula is C7H12N2. The minimum absolute atomic E-state index is 0.924. The summed E-state index contributed by atoms with van der Waals surface area (Å²) >= 11 is 0. The van der Waals surface area contributed by atoms with Gasteiger partial charge in [-0.15, -0.1) is 0 Å². The van der Waals surface area contributed by atoms with Crippen molar-refractivity contribution in [1.82, 2.24) is 5.32 Å². The molecule has 0 amide bonds. The van der Waals surface area contributed by atoms with Crippen LogP contribution in [0.15, 0.2) is 16.8 Å². The maximum Gasteiger partial charge on any atom is 0.0358 e. The van der Waals surface area contributed by atoms with Crippen molar-refractivity contribution in [3.05, 3.63) is 11.8 Å². The molecule has 0 saturated heterocycles. The summed E-state index contributed by atoms with van der Waals surface area (Å²) in [6.07, 6.45) is 3.18. The molecule has 0 unspecified atom stereocenters. The van der Waals surface area contributed by atoms with Gasteiger partial charge in [-0.3, -0.25) is 4.99 Å². The van der Waals surface area contributed by atoms with Gasteiger partial charge >= 0.3 is 0 Å². The second kappa shape index (κ2) is 2.78. The van der Waals surface area contributed by atoms with Crippen molar-refractivity contribution in [1.29, 1.82) is 0 Å². The maximum atomic E-state index is 4.29. The number of nitrogens with one attached hydrogen (secondary N) is 1. The zero-order valence-corrected chi connectivity index (χ0v) is 5.94. The lowest BCUT2D eigenvalue weighted by atomic mass is 10.3. The molecule has 0 atom stereocenters. The number of nitrogens with zero attached hydrogens (tertiary/aromatic N) is 1. The minimum atomic E-state index is 0.924. The summed E-state index contributed by atoms with van der Waals surface area (Å²) in [5, 5.41) is 3.07. The SMILES string of the molecule is CNCC1=NC(C)=CC1. The van der Waals surface area contributed by atoms with E-state index in [2.05, 4.69) is 16.4 Å².